The van der Waals surface area contributed by atoms with Crippen molar-refractivity contribution >= 4 is 17.2 Å². The van der Waals surface area contributed by atoms with E-state index in [9.17, 15) is 4.79 Å². The van der Waals surface area contributed by atoms with E-state index in [2.05, 4.69) is 34.4 Å². The molecular formula is C23H27N3O3S. The van der Waals surface area contributed by atoms with Gasteiger partial charge in [0.15, 0.2) is 11.5 Å². The second-order valence-corrected chi connectivity index (χ2v) is 7.77. The molecule has 1 aromatic heterocycles. The number of nitrogens with one attached hydrogen (secondary N) is 1. The number of hydrogen-bond donors (Lipinski definition) is 1. The number of carbonyl (C=O) groups excluding carboxylic acids is 1. The van der Waals surface area contributed by atoms with Gasteiger partial charge < -0.3 is 19.7 Å². The zero-order valence-electron chi connectivity index (χ0n) is 17.6. The van der Waals surface area contributed by atoms with E-state index < -0.39 is 0 Å². The van der Waals surface area contributed by atoms with Crippen LogP contribution in [0.3, 0.4) is 0 Å². The largest absolute Gasteiger partial charge is 0.493 e. The molecular weight excluding hydrogens is 398 g/mol. The predicted molar refractivity (Wildman–Crippen MR) is 120 cm³/mol. The van der Waals surface area contributed by atoms with Crippen LogP contribution in [0.1, 0.15) is 22.5 Å². The van der Waals surface area contributed by atoms with Crippen molar-refractivity contribution in [1.82, 2.24) is 15.2 Å². The maximum atomic E-state index is 12.5. The molecule has 0 aliphatic rings. The maximum Gasteiger partial charge on any atom is 0.270 e. The molecule has 0 radical (unpaired) electrons. The summed E-state index contributed by atoms with van der Waals surface area (Å²) < 4.78 is 10.8. The van der Waals surface area contributed by atoms with Crippen molar-refractivity contribution < 1.29 is 14.3 Å². The number of para-hydroxylation sites is 1. The van der Waals surface area contributed by atoms with E-state index >= 15 is 0 Å². The van der Waals surface area contributed by atoms with Gasteiger partial charge in [-0.15, -0.1) is 11.3 Å². The first-order valence-corrected chi connectivity index (χ1v) is 10.7. The van der Waals surface area contributed by atoms with Gasteiger partial charge in [0.05, 0.1) is 19.8 Å². The Balaban J connectivity index is 1.51. The van der Waals surface area contributed by atoms with E-state index in [-0.39, 0.29) is 5.91 Å². The average molecular weight is 426 g/mol. The van der Waals surface area contributed by atoms with Gasteiger partial charge in [0.25, 0.3) is 5.91 Å². The minimum atomic E-state index is -0.162. The van der Waals surface area contributed by atoms with Gasteiger partial charge in [0.1, 0.15) is 10.7 Å². The second kappa shape index (κ2) is 10.8. The summed E-state index contributed by atoms with van der Waals surface area (Å²) in [4.78, 5) is 19.2. The van der Waals surface area contributed by atoms with Crippen LogP contribution in [-0.2, 0) is 6.54 Å². The minimum absolute atomic E-state index is 0.162. The van der Waals surface area contributed by atoms with Gasteiger partial charge in [-0.05, 0) is 37.7 Å². The summed E-state index contributed by atoms with van der Waals surface area (Å²) in [6.07, 6.45) is 0.871. The fourth-order valence-electron chi connectivity index (χ4n) is 3.17. The summed E-state index contributed by atoms with van der Waals surface area (Å²) in [5.74, 6) is 1.09. The Hall–Kier alpha value is -2.90. The van der Waals surface area contributed by atoms with Crippen molar-refractivity contribution in [2.45, 2.75) is 13.0 Å². The van der Waals surface area contributed by atoms with Crippen LogP contribution in [0, 0.1) is 0 Å². The van der Waals surface area contributed by atoms with E-state index in [1.54, 1.807) is 19.6 Å². The van der Waals surface area contributed by atoms with Gasteiger partial charge in [-0.1, -0.05) is 36.4 Å². The first-order chi connectivity index (χ1) is 14.6. The van der Waals surface area contributed by atoms with E-state index in [1.165, 1.54) is 16.9 Å². The summed E-state index contributed by atoms with van der Waals surface area (Å²) in [6, 6.07) is 16.0. The molecule has 0 atom stereocenters. The van der Waals surface area contributed by atoms with Crippen LogP contribution in [0.15, 0.2) is 53.9 Å². The Bertz CT molecular complexity index is 959. The predicted octanol–water partition coefficient (Wildman–Crippen LogP) is 4.08. The van der Waals surface area contributed by atoms with Gasteiger partial charge in [0, 0.05) is 18.5 Å². The van der Waals surface area contributed by atoms with Crippen molar-refractivity contribution in [2.24, 2.45) is 0 Å². The Labute approximate surface area is 181 Å². The second-order valence-electron chi connectivity index (χ2n) is 6.91. The standard InChI is InChI=1S/C23H27N3O3S/c1-26(15-17-9-5-4-6-10-17)14-8-13-24-22(27)19-16-30-23(25-19)18-11-7-12-20(28-2)21(18)29-3/h4-7,9-12,16H,8,13-15H2,1-3H3,(H,24,27). The molecule has 6 nitrogen and oxygen atoms in total. The molecule has 0 aliphatic heterocycles. The van der Waals surface area contributed by atoms with Gasteiger partial charge in [-0.25, -0.2) is 4.98 Å². The third-order valence-corrected chi connectivity index (χ3v) is 5.54. The van der Waals surface area contributed by atoms with Crippen LogP contribution >= 0.6 is 11.3 Å². The van der Waals surface area contributed by atoms with Crippen molar-refractivity contribution in [3.05, 3.63) is 65.2 Å². The highest BCUT2D eigenvalue weighted by Gasteiger charge is 2.17. The lowest BCUT2D eigenvalue weighted by molar-refractivity contribution is 0.0947. The fraction of sp³-hybridized carbons (Fsp3) is 0.304. The highest BCUT2D eigenvalue weighted by atomic mass is 32.1. The molecule has 1 N–H and O–H groups in total. The SMILES string of the molecule is COc1cccc(-c2nc(C(=O)NCCCN(C)Cc3ccccc3)cs2)c1OC. The summed E-state index contributed by atoms with van der Waals surface area (Å²) in [5, 5.41) is 5.45. The zero-order chi connectivity index (χ0) is 21.3. The molecule has 3 rings (SSSR count). The molecule has 2 aromatic carbocycles. The lowest BCUT2D eigenvalue weighted by Crippen LogP contribution is -2.28. The van der Waals surface area contributed by atoms with Crippen molar-refractivity contribution in [2.75, 3.05) is 34.4 Å². The number of hydrogen-bond acceptors (Lipinski definition) is 6. The highest BCUT2D eigenvalue weighted by Crippen LogP contribution is 2.38. The van der Waals surface area contributed by atoms with Gasteiger partial charge in [-0.2, -0.15) is 0 Å². The first-order valence-electron chi connectivity index (χ1n) is 9.80. The Morgan fingerprint density at radius 1 is 1.10 bits per heavy atom. The highest BCUT2D eigenvalue weighted by molar-refractivity contribution is 7.13. The smallest absolute Gasteiger partial charge is 0.270 e. The molecule has 0 bridgehead atoms. The minimum Gasteiger partial charge on any atom is -0.493 e. The van der Waals surface area contributed by atoms with E-state index in [0.29, 0.717) is 23.7 Å². The fourth-order valence-corrected chi connectivity index (χ4v) is 3.99. The molecule has 0 spiro atoms. The van der Waals surface area contributed by atoms with Crippen molar-refractivity contribution in [3.8, 4) is 22.1 Å². The Morgan fingerprint density at radius 3 is 2.63 bits per heavy atom. The summed E-state index contributed by atoms with van der Waals surface area (Å²) in [7, 11) is 5.28. The number of nitrogens with zero attached hydrogens (tertiary/aromatic N) is 2. The number of aromatic nitrogens is 1. The summed E-state index contributed by atoms with van der Waals surface area (Å²) in [5.41, 5.74) is 2.51. The molecule has 1 heterocycles. The van der Waals surface area contributed by atoms with E-state index in [0.717, 1.165) is 30.1 Å². The lowest BCUT2D eigenvalue weighted by Gasteiger charge is -2.16. The van der Waals surface area contributed by atoms with Crippen molar-refractivity contribution in [3.63, 3.8) is 0 Å². The first kappa shape index (κ1) is 21.8. The average Bonchev–Trinajstić information content (AvgIpc) is 3.27. The third-order valence-electron chi connectivity index (χ3n) is 4.67. The number of methoxy groups -OCH3 is 2. The van der Waals surface area contributed by atoms with E-state index in [4.69, 9.17) is 9.47 Å². The Kier molecular flexibility index (Phi) is 7.82. The topological polar surface area (TPSA) is 63.7 Å². The van der Waals surface area contributed by atoms with Crippen LogP contribution in [0.4, 0.5) is 0 Å². The molecule has 0 unspecified atom stereocenters. The molecule has 3 aromatic rings. The number of benzene rings is 2. The number of amides is 1. The summed E-state index contributed by atoms with van der Waals surface area (Å²) >= 11 is 1.41. The van der Waals surface area contributed by atoms with Crippen LogP contribution in [-0.4, -0.2) is 50.1 Å². The van der Waals surface area contributed by atoms with Gasteiger partial charge in [-0.3, -0.25) is 4.79 Å². The molecule has 158 valence electrons. The molecule has 30 heavy (non-hydrogen) atoms. The molecule has 0 fully saturated rings. The van der Waals surface area contributed by atoms with Crippen LogP contribution in [0.25, 0.3) is 10.6 Å². The number of rotatable bonds is 10. The number of thiazole rings is 1. The van der Waals surface area contributed by atoms with Crippen LogP contribution < -0.4 is 14.8 Å². The zero-order valence-corrected chi connectivity index (χ0v) is 18.4. The van der Waals surface area contributed by atoms with Gasteiger partial charge >= 0.3 is 0 Å². The Morgan fingerprint density at radius 2 is 1.90 bits per heavy atom. The van der Waals surface area contributed by atoms with Crippen molar-refractivity contribution in [1.29, 1.82) is 0 Å². The molecule has 7 heteroatoms. The van der Waals surface area contributed by atoms with Crippen LogP contribution in [0.2, 0.25) is 0 Å². The maximum absolute atomic E-state index is 12.5. The molecule has 1 amide bonds. The monoisotopic (exact) mass is 425 g/mol. The van der Waals surface area contributed by atoms with E-state index in [1.807, 2.05) is 36.4 Å². The third kappa shape index (κ3) is 5.58. The molecule has 0 saturated carbocycles. The molecule has 0 aliphatic carbocycles. The van der Waals surface area contributed by atoms with Crippen LogP contribution in [0.5, 0.6) is 11.5 Å². The molecule has 0 saturated heterocycles. The number of carbonyl (C=O) groups is 1. The lowest BCUT2D eigenvalue weighted by atomic mass is 10.2. The quantitative estimate of drug-likeness (QED) is 0.496. The number of ether oxygens (including phenoxy) is 2. The van der Waals surface area contributed by atoms with Gasteiger partial charge in [0.2, 0.25) is 0 Å². The normalized spacial score (nSPS) is 10.8. The summed E-state index contributed by atoms with van der Waals surface area (Å²) in [6.45, 7) is 2.40.